The molecular weight excluding hydrogens is 385 g/mol. The number of nitrogens with zero attached hydrogens (tertiary/aromatic N) is 1. The topological polar surface area (TPSA) is 63.7 Å². The van der Waals surface area contributed by atoms with Crippen LogP contribution in [0.15, 0.2) is 48.5 Å². The average molecular weight is 402 g/mol. The minimum absolute atomic E-state index is 0.0690. The third kappa shape index (κ3) is 5.71. The first kappa shape index (κ1) is 19.7. The Kier molecular flexibility index (Phi) is 6.84. The van der Waals surface area contributed by atoms with Crippen LogP contribution in [0.5, 0.6) is 0 Å². The van der Waals surface area contributed by atoms with Crippen molar-refractivity contribution in [1.82, 2.24) is 4.31 Å². The van der Waals surface area contributed by atoms with E-state index in [1.54, 1.807) is 30.3 Å². The average Bonchev–Trinajstić information content (AvgIpc) is 2.58. The van der Waals surface area contributed by atoms with Gasteiger partial charge in [-0.25, -0.2) is 8.42 Å². The SMILES string of the molecule is COC(=O)CN(Cc1ccccc1)S(=O)(=O)Cc1ccc(Cl)c(Cl)c1. The smallest absolute Gasteiger partial charge is 0.321 e. The molecule has 0 bridgehead atoms. The standard InChI is InChI=1S/C17H17Cl2NO4S/c1-24-17(21)11-20(10-13-5-3-2-4-6-13)25(22,23)12-14-7-8-15(18)16(19)9-14/h2-9H,10-12H2,1H3. The largest absolute Gasteiger partial charge is 0.468 e. The van der Waals surface area contributed by atoms with E-state index in [2.05, 4.69) is 4.74 Å². The highest BCUT2D eigenvalue weighted by Crippen LogP contribution is 2.24. The van der Waals surface area contributed by atoms with Crippen LogP contribution in [-0.4, -0.2) is 32.3 Å². The van der Waals surface area contributed by atoms with E-state index in [9.17, 15) is 13.2 Å². The van der Waals surface area contributed by atoms with E-state index in [4.69, 9.17) is 23.2 Å². The Labute approximate surface area is 157 Å². The van der Waals surface area contributed by atoms with E-state index in [0.717, 1.165) is 9.87 Å². The third-order valence-electron chi connectivity index (χ3n) is 3.46. The molecule has 2 rings (SSSR count). The van der Waals surface area contributed by atoms with Crippen molar-refractivity contribution in [3.05, 3.63) is 69.7 Å². The number of rotatable bonds is 7. The summed E-state index contributed by atoms with van der Waals surface area (Å²) < 4.78 is 31.3. The van der Waals surface area contributed by atoms with Crippen molar-refractivity contribution in [2.24, 2.45) is 0 Å². The zero-order valence-corrected chi connectivity index (χ0v) is 15.8. The van der Waals surface area contributed by atoms with Gasteiger partial charge in [-0.1, -0.05) is 59.6 Å². The van der Waals surface area contributed by atoms with Crippen molar-refractivity contribution >= 4 is 39.2 Å². The van der Waals surface area contributed by atoms with Crippen LogP contribution in [0.25, 0.3) is 0 Å². The van der Waals surface area contributed by atoms with Crippen LogP contribution in [0.4, 0.5) is 0 Å². The Morgan fingerprint density at radius 3 is 2.32 bits per heavy atom. The minimum Gasteiger partial charge on any atom is -0.468 e. The maximum atomic E-state index is 12.8. The predicted octanol–water partition coefficient (Wildman–Crippen LogP) is 3.50. The molecule has 0 radical (unpaired) electrons. The molecule has 0 aliphatic carbocycles. The van der Waals surface area contributed by atoms with Crippen LogP contribution in [0.1, 0.15) is 11.1 Å². The maximum Gasteiger partial charge on any atom is 0.321 e. The van der Waals surface area contributed by atoms with Crippen LogP contribution >= 0.6 is 23.2 Å². The van der Waals surface area contributed by atoms with E-state index in [0.29, 0.717) is 10.6 Å². The van der Waals surface area contributed by atoms with Gasteiger partial charge >= 0.3 is 5.97 Å². The number of carbonyl (C=O) groups is 1. The molecule has 2 aromatic carbocycles. The van der Waals surface area contributed by atoms with Gasteiger partial charge in [-0.15, -0.1) is 0 Å². The molecule has 134 valence electrons. The summed E-state index contributed by atoms with van der Waals surface area (Å²) in [7, 11) is -2.56. The van der Waals surface area contributed by atoms with Gasteiger partial charge in [0, 0.05) is 6.54 Å². The summed E-state index contributed by atoms with van der Waals surface area (Å²) in [5, 5.41) is 0.621. The highest BCUT2D eigenvalue weighted by Gasteiger charge is 2.26. The fourth-order valence-corrected chi connectivity index (χ4v) is 3.93. The summed E-state index contributed by atoms with van der Waals surface area (Å²) in [6.07, 6.45) is 0. The van der Waals surface area contributed by atoms with E-state index < -0.39 is 16.0 Å². The molecule has 8 heteroatoms. The molecule has 0 fully saturated rings. The van der Waals surface area contributed by atoms with Gasteiger partial charge in [-0.05, 0) is 23.3 Å². The molecule has 0 spiro atoms. The van der Waals surface area contributed by atoms with Crippen molar-refractivity contribution in [3.8, 4) is 0 Å². The van der Waals surface area contributed by atoms with Crippen molar-refractivity contribution in [2.75, 3.05) is 13.7 Å². The van der Waals surface area contributed by atoms with E-state index in [1.165, 1.54) is 19.2 Å². The summed E-state index contributed by atoms with van der Waals surface area (Å²) in [4.78, 5) is 11.6. The second-order valence-corrected chi connectivity index (χ2v) is 8.12. The number of ether oxygens (including phenoxy) is 1. The summed E-state index contributed by atoms with van der Waals surface area (Å²) >= 11 is 11.8. The van der Waals surface area contributed by atoms with Crippen molar-refractivity contribution in [2.45, 2.75) is 12.3 Å². The molecule has 0 unspecified atom stereocenters. The highest BCUT2D eigenvalue weighted by molar-refractivity contribution is 7.88. The molecule has 0 atom stereocenters. The van der Waals surface area contributed by atoms with Crippen molar-refractivity contribution < 1.29 is 17.9 Å². The number of esters is 1. The van der Waals surface area contributed by atoms with Gasteiger partial charge < -0.3 is 4.74 Å². The molecule has 0 saturated heterocycles. The number of halogens is 2. The molecule has 2 aromatic rings. The van der Waals surface area contributed by atoms with Gasteiger partial charge in [0.1, 0.15) is 6.54 Å². The van der Waals surface area contributed by atoms with Crippen LogP contribution < -0.4 is 0 Å². The summed E-state index contributed by atoms with van der Waals surface area (Å²) in [5.74, 6) is -0.929. The van der Waals surface area contributed by atoms with Crippen molar-refractivity contribution in [3.63, 3.8) is 0 Å². The Morgan fingerprint density at radius 1 is 1.04 bits per heavy atom. The molecule has 0 aromatic heterocycles. The number of methoxy groups -OCH3 is 1. The Balaban J connectivity index is 2.26. The van der Waals surface area contributed by atoms with Gasteiger partial charge in [0.2, 0.25) is 10.0 Å². The monoisotopic (exact) mass is 401 g/mol. The van der Waals surface area contributed by atoms with E-state index in [1.807, 2.05) is 6.07 Å². The van der Waals surface area contributed by atoms with E-state index in [-0.39, 0.29) is 23.9 Å². The van der Waals surface area contributed by atoms with Crippen LogP contribution in [0.2, 0.25) is 10.0 Å². The molecular formula is C17H17Cl2NO4S. The number of carbonyl (C=O) groups excluding carboxylic acids is 1. The lowest BCUT2D eigenvalue weighted by Crippen LogP contribution is -2.36. The highest BCUT2D eigenvalue weighted by atomic mass is 35.5. The number of sulfonamides is 1. The van der Waals surface area contributed by atoms with Gasteiger partial charge in [0.25, 0.3) is 0 Å². The zero-order valence-electron chi connectivity index (χ0n) is 13.5. The second kappa shape index (κ2) is 8.67. The first-order valence-electron chi connectivity index (χ1n) is 7.34. The van der Waals surface area contributed by atoms with Gasteiger partial charge in [0.15, 0.2) is 0 Å². The number of hydrogen-bond donors (Lipinski definition) is 0. The lowest BCUT2D eigenvalue weighted by Gasteiger charge is -2.21. The fraction of sp³-hybridized carbons (Fsp3) is 0.235. The maximum absolute atomic E-state index is 12.8. The zero-order chi connectivity index (χ0) is 18.4. The normalized spacial score (nSPS) is 11.5. The Hall–Kier alpha value is -1.60. The summed E-state index contributed by atoms with van der Waals surface area (Å²) in [5.41, 5.74) is 1.25. The molecule has 0 aliphatic rings. The van der Waals surface area contributed by atoms with Crippen LogP contribution in [0.3, 0.4) is 0 Å². The first-order valence-corrected chi connectivity index (χ1v) is 9.71. The lowest BCUT2D eigenvalue weighted by atomic mass is 10.2. The summed E-state index contributed by atoms with van der Waals surface area (Å²) in [6, 6.07) is 13.6. The van der Waals surface area contributed by atoms with Crippen LogP contribution in [0, 0.1) is 0 Å². The lowest BCUT2D eigenvalue weighted by molar-refractivity contribution is -0.140. The first-order chi connectivity index (χ1) is 11.8. The predicted molar refractivity (Wildman–Crippen MR) is 98.0 cm³/mol. The minimum atomic E-state index is -3.78. The fourth-order valence-electron chi connectivity index (χ4n) is 2.18. The number of hydrogen-bond acceptors (Lipinski definition) is 4. The molecule has 5 nitrogen and oxygen atoms in total. The number of benzene rings is 2. The second-order valence-electron chi connectivity index (χ2n) is 5.33. The molecule has 0 heterocycles. The Bertz CT molecular complexity index is 841. The Morgan fingerprint density at radius 2 is 1.72 bits per heavy atom. The molecule has 0 N–H and O–H groups in total. The van der Waals surface area contributed by atoms with Crippen LogP contribution in [-0.2, 0) is 31.9 Å². The van der Waals surface area contributed by atoms with Gasteiger partial charge in [0.05, 0.1) is 22.9 Å². The molecule has 25 heavy (non-hydrogen) atoms. The summed E-state index contributed by atoms with van der Waals surface area (Å²) in [6.45, 7) is -0.297. The molecule has 0 amide bonds. The van der Waals surface area contributed by atoms with Gasteiger partial charge in [-0.3, -0.25) is 4.79 Å². The third-order valence-corrected chi connectivity index (χ3v) is 5.94. The quantitative estimate of drug-likeness (QED) is 0.665. The molecule has 0 saturated carbocycles. The van der Waals surface area contributed by atoms with E-state index >= 15 is 0 Å². The molecule has 0 aliphatic heterocycles. The van der Waals surface area contributed by atoms with Gasteiger partial charge in [-0.2, -0.15) is 4.31 Å². The van der Waals surface area contributed by atoms with Crippen molar-refractivity contribution in [1.29, 1.82) is 0 Å².